The van der Waals surface area contributed by atoms with Crippen molar-refractivity contribution in [1.29, 1.82) is 0 Å². The number of methoxy groups -OCH3 is 1. The summed E-state index contributed by atoms with van der Waals surface area (Å²) in [6, 6.07) is 0. The highest BCUT2D eigenvalue weighted by molar-refractivity contribution is 4.88. The van der Waals surface area contributed by atoms with Gasteiger partial charge in [-0.1, -0.05) is 26.7 Å². The van der Waals surface area contributed by atoms with E-state index in [1.807, 2.05) is 0 Å². The van der Waals surface area contributed by atoms with Gasteiger partial charge in [0.15, 0.2) is 0 Å². The lowest BCUT2D eigenvalue weighted by atomic mass is 9.70. The average molecular weight is 242 g/mol. The third-order valence-electron chi connectivity index (χ3n) is 4.39. The highest BCUT2D eigenvalue weighted by Crippen LogP contribution is 2.38. The first-order valence-corrected chi connectivity index (χ1v) is 7.07. The van der Waals surface area contributed by atoms with E-state index >= 15 is 0 Å². The molecular weight excluding hydrogens is 212 g/mol. The van der Waals surface area contributed by atoms with Gasteiger partial charge in [-0.25, -0.2) is 0 Å². The molecular formula is C14H30N2O. The van der Waals surface area contributed by atoms with Crippen LogP contribution in [0.2, 0.25) is 0 Å². The lowest BCUT2D eigenvalue weighted by molar-refractivity contribution is 0.0773. The Morgan fingerprint density at radius 3 is 2.47 bits per heavy atom. The van der Waals surface area contributed by atoms with Crippen molar-refractivity contribution >= 4 is 0 Å². The van der Waals surface area contributed by atoms with Crippen LogP contribution in [0.4, 0.5) is 0 Å². The van der Waals surface area contributed by atoms with E-state index in [-0.39, 0.29) is 0 Å². The molecule has 0 radical (unpaired) electrons. The van der Waals surface area contributed by atoms with Crippen molar-refractivity contribution in [3.63, 3.8) is 0 Å². The Labute approximate surface area is 107 Å². The minimum atomic E-state index is 0.371. The maximum absolute atomic E-state index is 6.06. The van der Waals surface area contributed by atoms with Gasteiger partial charge < -0.3 is 15.4 Å². The maximum atomic E-state index is 6.06. The van der Waals surface area contributed by atoms with Gasteiger partial charge in [0.2, 0.25) is 0 Å². The smallest absolute Gasteiger partial charge is 0.0589 e. The maximum Gasteiger partial charge on any atom is 0.0589 e. The fraction of sp³-hybridized carbons (Fsp3) is 1.00. The van der Waals surface area contributed by atoms with Crippen molar-refractivity contribution in [2.24, 2.45) is 17.1 Å². The monoisotopic (exact) mass is 242 g/mol. The number of nitrogens with zero attached hydrogens (tertiary/aromatic N) is 1. The highest BCUT2D eigenvalue weighted by atomic mass is 16.5. The predicted molar refractivity (Wildman–Crippen MR) is 73.1 cm³/mol. The number of rotatable bonds is 7. The normalized spacial score (nSPS) is 29.8. The highest BCUT2D eigenvalue weighted by Gasteiger charge is 2.34. The summed E-state index contributed by atoms with van der Waals surface area (Å²) in [4.78, 5) is 2.49. The summed E-state index contributed by atoms with van der Waals surface area (Å²) in [5.41, 5.74) is 6.43. The van der Waals surface area contributed by atoms with Crippen LogP contribution in [0.25, 0.3) is 0 Å². The first-order valence-electron chi connectivity index (χ1n) is 7.07. The number of hydrogen-bond donors (Lipinski definition) is 1. The van der Waals surface area contributed by atoms with E-state index in [1.54, 1.807) is 7.11 Å². The average Bonchev–Trinajstić information content (AvgIpc) is 2.37. The van der Waals surface area contributed by atoms with Gasteiger partial charge in [0.05, 0.1) is 6.61 Å². The first-order chi connectivity index (χ1) is 8.15. The second-order valence-electron chi connectivity index (χ2n) is 5.75. The van der Waals surface area contributed by atoms with Crippen LogP contribution < -0.4 is 5.73 Å². The van der Waals surface area contributed by atoms with Gasteiger partial charge in [-0.2, -0.15) is 0 Å². The van der Waals surface area contributed by atoms with E-state index in [0.717, 1.165) is 38.7 Å². The fourth-order valence-corrected chi connectivity index (χ4v) is 2.84. The topological polar surface area (TPSA) is 38.5 Å². The van der Waals surface area contributed by atoms with Crippen molar-refractivity contribution < 1.29 is 4.74 Å². The Hall–Kier alpha value is -0.120. The van der Waals surface area contributed by atoms with E-state index in [2.05, 4.69) is 18.7 Å². The number of ether oxygens (including phenoxy) is 1. The molecule has 17 heavy (non-hydrogen) atoms. The molecule has 1 aliphatic rings. The summed E-state index contributed by atoms with van der Waals surface area (Å²) in [5, 5.41) is 0. The lowest BCUT2D eigenvalue weighted by Crippen LogP contribution is -2.45. The molecule has 0 amide bonds. The molecule has 1 rings (SSSR count). The Morgan fingerprint density at radius 1 is 1.35 bits per heavy atom. The van der Waals surface area contributed by atoms with Crippen molar-refractivity contribution in [3.8, 4) is 0 Å². The minimum Gasteiger partial charge on any atom is -0.383 e. The van der Waals surface area contributed by atoms with Gasteiger partial charge >= 0.3 is 0 Å². The van der Waals surface area contributed by atoms with E-state index in [1.165, 1.54) is 25.7 Å². The van der Waals surface area contributed by atoms with E-state index < -0.39 is 0 Å². The summed E-state index contributed by atoms with van der Waals surface area (Å²) in [5.74, 6) is 0.892. The van der Waals surface area contributed by atoms with Gasteiger partial charge in [0, 0.05) is 20.2 Å². The van der Waals surface area contributed by atoms with Crippen LogP contribution in [-0.2, 0) is 4.74 Å². The molecule has 0 saturated heterocycles. The Morgan fingerprint density at radius 2 is 2.00 bits per heavy atom. The van der Waals surface area contributed by atoms with Crippen LogP contribution in [0.15, 0.2) is 0 Å². The van der Waals surface area contributed by atoms with Gasteiger partial charge in [-0.3, -0.25) is 0 Å². The predicted octanol–water partition coefficient (Wildman–Crippen LogP) is 2.11. The molecule has 0 aromatic heterocycles. The second kappa shape index (κ2) is 7.34. The third-order valence-corrected chi connectivity index (χ3v) is 4.39. The molecule has 1 saturated carbocycles. The molecule has 0 aromatic carbocycles. The second-order valence-corrected chi connectivity index (χ2v) is 5.75. The summed E-state index contributed by atoms with van der Waals surface area (Å²) in [6.45, 7) is 9.53. The zero-order valence-electron chi connectivity index (χ0n) is 11.9. The molecule has 1 fully saturated rings. The third kappa shape index (κ3) is 4.57. The molecule has 102 valence electrons. The molecule has 0 unspecified atom stereocenters. The van der Waals surface area contributed by atoms with Crippen LogP contribution in [0.5, 0.6) is 0 Å². The zero-order valence-corrected chi connectivity index (χ0v) is 11.9. The van der Waals surface area contributed by atoms with Crippen LogP contribution in [-0.4, -0.2) is 44.8 Å². The molecule has 1 aliphatic carbocycles. The minimum absolute atomic E-state index is 0.371. The Kier molecular flexibility index (Phi) is 6.45. The van der Waals surface area contributed by atoms with Crippen molar-refractivity contribution in [2.45, 2.75) is 39.5 Å². The van der Waals surface area contributed by atoms with E-state index in [0.29, 0.717) is 5.41 Å². The van der Waals surface area contributed by atoms with Crippen molar-refractivity contribution in [1.82, 2.24) is 4.90 Å². The van der Waals surface area contributed by atoms with Crippen LogP contribution in [0.3, 0.4) is 0 Å². The van der Waals surface area contributed by atoms with Crippen molar-refractivity contribution in [3.05, 3.63) is 0 Å². The van der Waals surface area contributed by atoms with E-state index in [9.17, 15) is 0 Å². The number of hydrogen-bond acceptors (Lipinski definition) is 3. The molecule has 0 bridgehead atoms. The van der Waals surface area contributed by atoms with Gasteiger partial charge in [-0.15, -0.1) is 0 Å². The molecule has 2 N–H and O–H groups in total. The summed E-state index contributed by atoms with van der Waals surface area (Å²) in [7, 11) is 1.77. The molecule has 0 aromatic rings. The van der Waals surface area contributed by atoms with Gasteiger partial charge in [0.25, 0.3) is 0 Å². The Bertz CT molecular complexity index is 200. The van der Waals surface area contributed by atoms with Gasteiger partial charge in [0.1, 0.15) is 0 Å². The molecule has 0 spiro atoms. The number of nitrogens with two attached hydrogens (primary N) is 1. The fourth-order valence-electron chi connectivity index (χ4n) is 2.84. The summed E-state index contributed by atoms with van der Waals surface area (Å²) >= 11 is 0. The largest absolute Gasteiger partial charge is 0.383 e. The Balaban J connectivity index is 2.48. The molecule has 0 atom stereocenters. The standard InChI is InChI=1S/C14H30N2O/c1-4-16(9-10-17-3)12-14(11-15)7-5-13(2)6-8-14/h13H,4-12,15H2,1-3H3. The SMILES string of the molecule is CCN(CCOC)CC1(CN)CCC(C)CC1. The number of likely N-dealkylation sites (N-methyl/N-ethyl adjacent to an activating group) is 1. The van der Waals surface area contributed by atoms with Gasteiger partial charge in [-0.05, 0) is 37.3 Å². The molecule has 3 heteroatoms. The lowest BCUT2D eigenvalue weighted by Gasteiger charge is -2.42. The zero-order chi connectivity index (χ0) is 12.7. The molecule has 0 aliphatic heterocycles. The van der Waals surface area contributed by atoms with Crippen molar-refractivity contribution in [2.75, 3.05) is 39.9 Å². The summed E-state index contributed by atoms with van der Waals surface area (Å²) in [6.07, 6.45) is 5.29. The molecule has 3 nitrogen and oxygen atoms in total. The first kappa shape index (κ1) is 14.9. The molecule has 0 heterocycles. The van der Waals surface area contributed by atoms with Crippen LogP contribution >= 0.6 is 0 Å². The summed E-state index contributed by atoms with van der Waals surface area (Å²) < 4.78 is 5.17. The van der Waals surface area contributed by atoms with E-state index in [4.69, 9.17) is 10.5 Å². The van der Waals surface area contributed by atoms with Crippen LogP contribution in [0, 0.1) is 11.3 Å². The van der Waals surface area contributed by atoms with Crippen LogP contribution in [0.1, 0.15) is 39.5 Å². The quantitative estimate of drug-likeness (QED) is 0.743.